The van der Waals surface area contributed by atoms with Gasteiger partial charge in [0.2, 0.25) is 5.95 Å². The van der Waals surface area contributed by atoms with Gasteiger partial charge in [0.15, 0.2) is 0 Å². The number of halogens is 1. The summed E-state index contributed by atoms with van der Waals surface area (Å²) >= 11 is 0. The number of aromatic amines is 1. The van der Waals surface area contributed by atoms with Crippen molar-refractivity contribution in [1.82, 2.24) is 19.9 Å². The van der Waals surface area contributed by atoms with Crippen molar-refractivity contribution in [1.29, 1.82) is 0 Å². The van der Waals surface area contributed by atoms with Crippen molar-refractivity contribution in [3.63, 3.8) is 0 Å². The second kappa shape index (κ2) is 3.37. The SMILES string of the molecule is Fc1cc2c(-c3cnccn3)c[nH]c2cn1. The summed E-state index contributed by atoms with van der Waals surface area (Å²) in [5.74, 6) is -0.503. The first-order valence-electron chi connectivity index (χ1n) is 4.73. The molecule has 0 aliphatic heterocycles. The fourth-order valence-electron chi connectivity index (χ4n) is 1.65. The number of pyridine rings is 1. The lowest BCUT2D eigenvalue weighted by molar-refractivity contribution is 0.586. The van der Waals surface area contributed by atoms with Crippen LogP contribution >= 0.6 is 0 Å². The molecule has 5 heteroatoms. The maximum atomic E-state index is 13.0. The van der Waals surface area contributed by atoms with Crippen LogP contribution in [0.15, 0.2) is 37.1 Å². The van der Waals surface area contributed by atoms with Gasteiger partial charge in [0.25, 0.3) is 0 Å². The van der Waals surface area contributed by atoms with E-state index in [1.807, 2.05) is 0 Å². The van der Waals surface area contributed by atoms with Gasteiger partial charge in [-0.1, -0.05) is 0 Å². The number of fused-ring (bicyclic) bond motifs is 1. The summed E-state index contributed by atoms with van der Waals surface area (Å²) < 4.78 is 13.0. The Bertz CT molecular complexity index is 633. The summed E-state index contributed by atoms with van der Waals surface area (Å²) in [6, 6.07) is 1.38. The first-order chi connectivity index (χ1) is 7.84. The Hall–Kier alpha value is -2.30. The fourth-order valence-corrected chi connectivity index (χ4v) is 1.65. The van der Waals surface area contributed by atoms with E-state index in [0.29, 0.717) is 5.69 Å². The van der Waals surface area contributed by atoms with E-state index >= 15 is 0 Å². The summed E-state index contributed by atoms with van der Waals surface area (Å²) in [4.78, 5) is 14.8. The zero-order chi connectivity index (χ0) is 11.0. The zero-order valence-corrected chi connectivity index (χ0v) is 8.18. The molecule has 16 heavy (non-hydrogen) atoms. The Kier molecular flexibility index (Phi) is 1.89. The van der Waals surface area contributed by atoms with E-state index in [2.05, 4.69) is 19.9 Å². The van der Waals surface area contributed by atoms with Crippen LogP contribution in [0.1, 0.15) is 0 Å². The van der Waals surface area contributed by atoms with Gasteiger partial charge >= 0.3 is 0 Å². The van der Waals surface area contributed by atoms with Gasteiger partial charge in [-0.05, 0) is 0 Å². The van der Waals surface area contributed by atoms with Crippen molar-refractivity contribution in [2.45, 2.75) is 0 Å². The summed E-state index contributed by atoms with van der Waals surface area (Å²) in [5, 5.41) is 0.757. The van der Waals surface area contributed by atoms with Crippen molar-refractivity contribution >= 4 is 10.9 Å². The highest BCUT2D eigenvalue weighted by Gasteiger charge is 2.08. The second-order valence-corrected chi connectivity index (χ2v) is 3.35. The first-order valence-corrected chi connectivity index (χ1v) is 4.73. The highest BCUT2D eigenvalue weighted by Crippen LogP contribution is 2.26. The van der Waals surface area contributed by atoms with Crippen LogP contribution in [0.3, 0.4) is 0 Å². The van der Waals surface area contributed by atoms with E-state index in [-0.39, 0.29) is 0 Å². The number of rotatable bonds is 1. The second-order valence-electron chi connectivity index (χ2n) is 3.35. The third-order valence-corrected chi connectivity index (χ3v) is 2.37. The van der Waals surface area contributed by atoms with Crippen LogP contribution in [-0.4, -0.2) is 19.9 Å². The minimum atomic E-state index is -0.503. The minimum Gasteiger partial charge on any atom is -0.359 e. The average Bonchev–Trinajstić information content (AvgIpc) is 2.73. The lowest BCUT2D eigenvalue weighted by Gasteiger charge is -1.96. The molecule has 0 saturated heterocycles. The van der Waals surface area contributed by atoms with Crippen molar-refractivity contribution in [3.8, 4) is 11.3 Å². The minimum absolute atomic E-state index is 0.503. The molecule has 0 aromatic carbocycles. The van der Waals surface area contributed by atoms with Gasteiger partial charge in [-0.2, -0.15) is 4.39 Å². The number of nitrogens with zero attached hydrogens (tertiary/aromatic N) is 3. The Morgan fingerprint density at radius 1 is 1.12 bits per heavy atom. The van der Waals surface area contributed by atoms with Crippen molar-refractivity contribution in [3.05, 3.63) is 43.0 Å². The van der Waals surface area contributed by atoms with E-state index < -0.39 is 5.95 Å². The Balaban J connectivity index is 2.29. The van der Waals surface area contributed by atoms with E-state index in [1.165, 1.54) is 12.3 Å². The lowest BCUT2D eigenvalue weighted by atomic mass is 10.1. The highest BCUT2D eigenvalue weighted by molar-refractivity contribution is 5.93. The van der Waals surface area contributed by atoms with E-state index in [1.54, 1.807) is 24.8 Å². The van der Waals surface area contributed by atoms with Crippen LogP contribution < -0.4 is 0 Å². The molecular weight excluding hydrogens is 207 g/mol. The van der Waals surface area contributed by atoms with Crippen LogP contribution in [0.2, 0.25) is 0 Å². The molecule has 0 radical (unpaired) electrons. The maximum Gasteiger partial charge on any atom is 0.213 e. The molecule has 4 nitrogen and oxygen atoms in total. The van der Waals surface area contributed by atoms with Gasteiger partial charge in [-0.25, -0.2) is 4.98 Å². The molecule has 3 aromatic rings. The molecule has 0 saturated carbocycles. The topological polar surface area (TPSA) is 54.5 Å². The van der Waals surface area contributed by atoms with Crippen LogP contribution in [0.5, 0.6) is 0 Å². The van der Waals surface area contributed by atoms with Crippen LogP contribution in [0.25, 0.3) is 22.2 Å². The van der Waals surface area contributed by atoms with E-state index in [4.69, 9.17) is 0 Å². The molecule has 1 N–H and O–H groups in total. The van der Waals surface area contributed by atoms with Crippen LogP contribution in [0, 0.1) is 5.95 Å². The Morgan fingerprint density at radius 2 is 2.06 bits per heavy atom. The lowest BCUT2D eigenvalue weighted by Crippen LogP contribution is -1.84. The van der Waals surface area contributed by atoms with E-state index in [0.717, 1.165) is 16.5 Å². The van der Waals surface area contributed by atoms with Crippen molar-refractivity contribution < 1.29 is 4.39 Å². The molecule has 0 bridgehead atoms. The van der Waals surface area contributed by atoms with Crippen LogP contribution in [-0.2, 0) is 0 Å². The normalized spacial score (nSPS) is 10.8. The third kappa shape index (κ3) is 1.33. The molecule has 3 heterocycles. The largest absolute Gasteiger partial charge is 0.359 e. The van der Waals surface area contributed by atoms with Gasteiger partial charge in [0.1, 0.15) is 0 Å². The van der Waals surface area contributed by atoms with E-state index in [9.17, 15) is 4.39 Å². The summed E-state index contributed by atoms with van der Waals surface area (Å²) in [7, 11) is 0. The van der Waals surface area contributed by atoms with Gasteiger partial charge < -0.3 is 4.98 Å². The summed E-state index contributed by atoms with van der Waals surface area (Å²) in [6.45, 7) is 0. The standard InChI is InChI=1S/C11H7FN4/c12-11-3-7-8(4-15-10(7)6-16-11)9-5-13-1-2-14-9/h1-6,15H. The number of H-pyrrole nitrogens is 1. The van der Waals surface area contributed by atoms with Crippen molar-refractivity contribution in [2.75, 3.05) is 0 Å². The van der Waals surface area contributed by atoms with Gasteiger partial charge in [-0.15, -0.1) is 0 Å². The number of aromatic nitrogens is 4. The molecule has 3 rings (SSSR count). The van der Waals surface area contributed by atoms with Crippen molar-refractivity contribution in [2.24, 2.45) is 0 Å². The number of hydrogen-bond acceptors (Lipinski definition) is 3. The molecular formula is C11H7FN4. The molecule has 78 valence electrons. The number of nitrogens with one attached hydrogen (secondary N) is 1. The molecule has 0 atom stereocenters. The Morgan fingerprint density at radius 3 is 2.88 bits per heavy atom. The smallest absolute Gasteiger partial charge is 0.213 e. The third-order valence-electron chi connectivity index (χ3n) is 2.37. The molecule has 0 aliphatic rings. The molecule has 0 aliphatic carbocycles. The molecule has 0 fully saturated rings. The zero-order valence-electron chi connectivity index (χ0n) is 8.18. The summed E-state index contributed by atoms with van der Waals surface area (Å²) in [6.07, 6.45) is 8.08. The predicted molar refractivity (Wildman–Crippen MR) is 57.1 cm³/mol. The molecule has 0 spiro atoms. The average molecular weight is 214 g/mol. The highest BCUT2D eigenvalue weighted by atomic mass is 19.1. The Labute approximate surface area is 90.2 Å². The predicted octanol–water partition coefficient (Wildman–Crippen LogP) is 2.16. The molecule has 0 amide bonds. The van der Waals surface area contributed by atoms with Gasteiger partial charge in [0.05, 0.1) is 23.6 Å². The number of hydrogen-bond donors (Lipinski definition) is 1. The molecule has 3 aromatic heterocycles. The van der Waals surface area contributed by atoms with Gasteiger partial charge in [-0.3, -0.25) is 9.97 Å². The fraction of sp³-hybridized carbons (Fsp3) is 0. The van der Waals surface area contributed by atoms with Gasteiger partial charge in [0, 0.05) is 35.6 Å². The quantitative estimate of drug-likeness (QED) is 0.631. The maximum absolute atomic E-state index is 13.0. The van der Waals surface area contributed by atoms with Crippen LogP contribution in [0.4, 0.5) is 4.39 Å². The first kappa shape index (κ1) is 8.96. The molecule has 0 unspecified atom stereocenters. The summed E-state index contributed by atoms with van der Waals surface area (Å²) in [5.41, 5.74) is 2.31. The monoisotopic (exact) mass is 214 g/mol.